The minimum atomic E-state index is -0.522. The van der Waals surface area contributed by atoms with E-state index in [9.17, 15) is 4.79 Å². The summed E-state index contributed by atoms with van der Waals surface area (Å²) < 4.78 is 11.9. The Labute approximate surface area is 125 Å². The van der Waals surface area contributed by atoms with Crippen LogP contribution in [0, 0.1) is 0 Å². The summed E-state index contributed by atoms with van der Waals surface area (Å²) in [6.45, 7) is 8.70. The summed E-state index contributed by atoms with van der Waals surface area (Å²) >= 11 is 0. The van der Waals surface area contributed by atoms with Crippen LogP contribution < -0.4 is 10.5 Å². The van der Waals surface area contributed by atoms with Crippen molar-refractivity contribution >= 4 is 24.4 Å². The van der Waals surface area contributed by atoms with Crippen LogP contribution in [-0.2, 0) is 14.1 Å². The second-order valence-electron chi connectivity index (χ2n) is 6.54. The minimum absolute atomic E-state index is 0.104. The van der Waals surface area contributed by atoms with Crippen LogP contribution in [0.2, 0.25) is 0 Å². The maximum atomic E-state index is 11.7. The highest BCUT2D eigenvalue weighted by atomic mass is 16.7. The van der Waals surface area contributed by atoms with Crippen LogP contribution in [0.5, 0.6) is 0 Å². The average Bonchev–Trinajstić information content (AvgIpc) is 2.92. The molecule has 0 N–H and O–H groups in total. The highest BCUT2D eigenvalue weighted by Gasteiger charge is 2.52. The van der Waals surface area contributed by atoms with Crippen LogP contribution in [0.1, 0.15) is 40.5 Å². The van der Waals surface area contributed by atoms with E-state index in [1.807, 2.05) is 27.7 Å². The molecule has 3 rings (SSSR count). The number of anilines is 1. The minimum Gasteiger partial charge on any atom is -0.398 e. The topological polar surface area (TPSA) is 64.5 Å². The Morgan fingerprint density at radius 1 is 1.14 bits per heavy atom. The molecular weight excluding hydrogens is 269 g/mol. The van der Waals surface area contributed by atoms with Crippen molar-refractivity contribution in [1.29, 1.82) is 0 Å². The fourth-order valence-corrected chi connectivity index (χ4v) is 2.45. The van der Waals surface area contributed by atoms with E-state index < -0.39 is 18.3 Å². The lowest BCUT2D eigenvalue weighted by atomic mass is 9.85. The Kier molecular flexibility index (Phi) is 3.29. The molecule has 2 aliphatic rings. The third-order valence-electron chi connectivity index (χ3n) is 4.50. The van der Waals surface area contributed by atoms with Gasteiger partial charge >= 0.3 is 7.12 Å². The fraction of sp³-hybridized carbons (Fsp3) is 0.643. The molecule has 21 heavy (non-hydrogen) atoms. The average molecular weight is 289 g/mol. The summed E-state index contributed by atoms with van der Waals surface area (Å²) in [5.74, 6) is 0.699. The van der Waals surface area contributed by atoms with Crippen molar-refractivity contribution in [3.63, 3.8) is 0 Å². The molecule has 2 saturated heterocycles. The number of hydrogen-bond donors (Lipinski definition) is 0. The van der Waals surface area contributed by atoms with Crippen molar-refractivity contribution in [3.05, 3.63) is 12.4 Å². The number of carbonyl (C=O) groups excluding carboxylic acids is 1. The number of rotatable bonds is 2. The molecular formula is C14H20BN3O3. The predicted octanol–water partition coefficient (Wildman–Crippen LogP) is 0.903. The molecule has 0 radical (unpaired) electrons. The fourth-order valence-electron chi connectivity index (χ4n) is 2.45. The van der Waals surface area contributed by atoms with Gasteiger partial charge in [-0.3, -0.25) is 14.7 Å². The number of carbonyl (C=O) groups is 1. The van der Waals surface area contributed by atoms with Gasteiger partial charge in [-0.1, -0.05) is 0 Å². The number of aromatic nitrogens is 2. The molecule has 0 aliphatic carbocycles. The zero-order valence-corrected chi connectivity index (χ0v) is 12.9. The number of nitrogens with zero attached hydrogens (tertiary/aromatic N) is 3. The molecule has 0 spiro atoms. The normalized spacial score (nSPS) is 23.9. The van der Waals surface area contributed by atoms with Gasteiger partial charge in [0.15, 0.2) is 5.82 Å². The first kappa shape index (κ1) is 14.5. The van der Waals surface area contributed by atoms with Gasteiger partial charge in [-0.2, -0.15) is 0 Å². The van der Waals surface area contributed by atoms with Crippen molar-refractivity contribution < 1.29 is 14.1 Å². The first-order valence-electron chi connectivity index (χ1n) is 7.28. The Morgan fingerprint density at radius 2 is 1.81 bits per heavy atom. The smallest absolute Gasteiger partial charge is 0.398 e. The van der Waals surface area contributed by atoms with Crippen LogP contribution in [0.25, 0.3) is 0 Å². The van der Waals surface area contributed by atoms with E-state index >= 15 is 0 Å². The van der Waals surface area contributed by atoms with Gasteiger partial charge in [0.1, 0.15) is 0 Å². The Morgan fingerprint density at radius 3 is 2.29 bits per heavy atom. The van der Waals surface area contributed by atoms with Crippen LogP contribution in [-0.4, -0.2) is 40.7 Å². The molecule has 2 aliphatic heterocycles. The molecule has 7 heteroatoms. The molecule has 1 aromatic rings. The molecule has 1 aromatic heterocycles. The quantitative estimate of drug-likeness (QED) is 0.757. The SMILES string of the molecule is CC1(C)OB(c2cnc(N3CCCC3=O)cn2)OC1(C)C. The molecule has 2 fully saturated rings. The van der Waals surface area contributed by atoms with Gasteiger partial charge in [-0.05, 0) is 34.1 Å². The molecule has 6 nitrogen and oxygen atoms in total. The maximum Gasteiger partial charge on any atom is 0.516 e. The summed E-state index contributed by atoms with van der Waals surface area (Å²) in [7, 11) is -0.522. The molecule has 112 valence electrons. The maximum absolute atomic E-state index is 11.7. The van der Waals surface area contributed by atoms with E-state index in [0.717, 1.165) is 6.42 Å². The molecule has 0 atom stereocenters. The van der Waals surface area contributed by atoms with Crippen molar-refractivity contribution in [2.75, 3.05) is 11.4 Å². The second-order valence-corrected chi connectivity index (χ2v) is 6.54. The molecule has 1 amide bonds. The lowest BCUT2D eigenvalue weighted by Crippen LogP contribution is -2.41. The van der Waals surface area contributed by atoms with Gasteiger partial charge in [0, 0.05) is 19.2 Å². The summed E-state index contributed by atoms with van der Waals surface area (Å²) in [5, 5.41) is 0. The molecule has 0 aromatic carbocycles. The third kappa shape index (κ3) is 2.44. The first-order valence-corrected chi connectivity index (χ1v) is 7.28. The standard InChI is InChI=1S/C14H20BN3O3/c1-13(2)14(3,4)21-15(20-13)10-8-17-11(9-16-10)18-7-5-6-12(18)19/h8-9H,5-7H2,1-4H3. The van der Waals surface area contributed by atoms with Gasteiger partial charge in [-0.25, -0.2) is 4.98 Å². The summed E-state index contributed by atoms with van der Waals surface area (Å²) in [6.07, 6.45) is 4.70. The number of amides is 1. The second kappa shape index (κ2) is 4.78. The molecule has 3 heterocycles. The van der Waals surface area contributed by atoms with Gasteiger partial charge in [0.05, 0.1) is 23.0 Å². The van der Waals surface area contributed by atoms with Crippen LogP contribution in [0.4, 0.5) is 5.82 Å². The van der Waals surface area contributed by atoms with Crippen molar-refractivity contribution in [3.8, 4) is 0 Å². The van der Waals surface area contributed by atoms with Crippen molar-refractivity contribution in [2.45, 2.75) is 51.7 Å². The first-order chi connectivity index (χ1) is 9.80. The Bertz CT molecular complexity index is 543. The van der Waals surface area contributed by atoms with E-state index in [1.165, 1.54) is 0 Å². The van der Waals surface area contributed by atoms with E-state index in [2.05, 4.69) is 9.97 Å². The predicted molar refractivity (Wildman–Crippen MR) is 79.3 cm³/mol. The largest absolute Gasteiger partial charge is 0.516 e. The summed E-state index contributed by atoms with van der Waals surface area (Å²) in [5.41, 5.74) is -0.171. The Hall–Kier alpha value is -1.47. The van der Waals surface area contributed by atoms with Gasteiger partial charge < -0.3 is 9.31 Å². The third-order valence-corrected chi connectivity index (χ3v) is 4.50. The molecule has 0 saturated carbocycles. The number of hydrogen-bond acceptors (Lipinski definition) is 5. The van der Waals surface area contributed by atoms with E-state index in [0.29, 0.717) is 24.4 Å². The monoisotopic (exact) mass is 289 g/mol. The highest BCUT2D eigenvalue weighted by Crippen LogP contribution is 2.36. The lowest BCUT2D eigenvalue weighted by molar-refractivity contribution is -0.117. The van der Waals surface area contributed by atoms with E-state index in [-0.39, 0.29) is 5.91 Å². The van der Waals surface area contributed by atoms with Crippen LogP contribution >= 0.6 is 0 Å². The van der Waals surface area contributed by atoms with Gasteiger partial charge in [0.25, 0.3) is 0 Å². The van der Waals surface area contributed by atoms with Crippen LogP contribution in [0.15, 0.2) is 12.4 Å². The summed E-state index contributed by atoms with van der Waals surface area (Å²) in [6, 6.07) is 0. The van der Waals surface area contributed by atoms with E-state index in [1.54, 1.807) is 17.3 Å². The molecule has 0 bridgehead atoms. The Balaban J connectivity index is 1.78. The zero-order valence-electron chi connectivity index (χ0n) is 12.9. The van der Waals surface area contributed by atoms with Crippen molar-refractivity contribution in [2.24, 2.45) is 0 Å². The van der Waals surface area contributed by atoms with Crippen molar-refractivity contribution in [1.82, 2.24) is 9.97 Å². The molecule has 0 unspecified atom stereocenters. The van der Waals surface area contributed by atoms with E-state index in [4.69, 9.17) is 9.31 Å². The van der Waals surface area contributed by atoms with Gasteiger partial charge in [0.2, 0.25) is 5.91 Å². The lowest BCUT2D eigenvalue weighted by Gasteiger charge is -2.32. The highest BCUT2D eigenvalue weighted by molar-refractivity contribution is 6.61. The van der Waals surface area contributed by atoms with Crippen LogP contribution in [0.3, 0.4) is 0 Å². The summed E-state index contributed by atoms with van der Waals surface area (Å²) in [4.78, 5) is 22.1. The van der Waals surface area contributed by atoms with Gasteiger partial charge in [-0.15, -0.1) is 0 Å². The zero-order chi connectivity index (χ0) is 15.3.